The summed E-state index contributed by atoms with van der Waals surface area (Å²) in [6.07, 6.45) is 5.75. The lowest BCUT2D eigenvalue weighted by Gasteiger charge is -2.42. The van der Waals surface area contributed by atoms with Gasteiger partial charge >= 0.3 is 0 Å². The predicted octanol–water partition coefficient (Wildman–Crippen LogP) is 4.54. The number of benzene rings is 1. The summed E-state index contributed by atoms with van der Waals surface area (Å²) in [5.74, 6) is 1.97. The maximum atomic E-state index is 10.4. The van der Waals surface area contributed by atoms with E-state index in [1.807, 2.05) is 0 Å². The lowest BCUT2D eigenvalue weighted by molar-refractivity contribution is 0.0119. The highest BCUT2D eigenvalue weighted by atomic mass is 16.3. The average molecular weight is 272 g/mol. The SMILES string of the molecule is CC(C)(C)C1CCC(O)C(CC2Cc3ccccc32)C1. The summed E-state index contributed by atoms with van der Waals surface area (Å²) in [4.78, 5) is 0. The molecule has 1 nitrogen and oxygen atoms in total. The van der Waals surface area contributed by atoms with E-state index in [9.17, 15) is 5.11 Å². The Bertz CT molecular complexity index is 471. The molecule has 2 aliphatic carbocycles. The molecule has 0 radical (unpaired) electrons. The van der Waals surface area contributed by atoms with E-state index in [1.165, 1.54) is 36.8 Å². The summed E-state index contributed by atoms with van der Waals surface area (Å²) in [6, 6.07) is 8.82. The molecule has 4 unspecified atom stereocenters. The topological polar surface area (TPSA) is 20.2 Å². The number of aliphatic hydroxyl groups is 1. The first-order chi connectivity index (χ1) is 9.45. The van der Waals surface area contributed by atoms with Crippen LogP contribution >= 0.6 is 0 Å². The molecule has 4 atom stereocenters. The predicted molar refractivity (Wildman–Crippen MR) is 83.8 cm³/mol. The standard InChI is InChI=1S/C19H28O/c1-19(2,3)16-8-9-18(20)15(12-16)11-14-10-13-6-4-5-7-17(13)14/h4-7,14-16,18,20H,8-12H2,1-3H3. The van der Waals surface area contributed by atoms with Crippen LogP contribution in [0.25, 0.3) is 0 Å². The van der Waals surface area contributed by atoms with Crippen LogP contribution in [-0.2, 0) is 6.42 Å². The molecular formula is C19H28O. The molecule has 0 aliphatic heterocycles. The number of aliphatic hydroxyl groups excluding tert-OH is 1. The maximum Gasteiger partial charge on any atom is 0.0568 e. The fraction of sp³-hybridized carbons (Fsp3) is 0.684. The number of rotatable bonds is 2. The summed E-state index contributed by atoms with van der Waals surface area (Å²) in [7, 11) is 0. The van der Waals surface area contributed by atoms with E-state index in [1.54, 1.807) is 0 Å². The van der Waals surface area contributed by atoms with Crippen LogP contribution in [0.2, 0.25) is 0 Å². The Balaban J connectivity index is 1.65. The molecule has 1 aromatic rings. The van der Waals surface area contributed by atoms with Gasteiger partial charge < -0.3 is 5.11 Å². The highest BCUT2D eigenvalue weighted by Gasteiger charge is 2.37. The largest absolute Gasteiger partial charge is 0.393 e. The highest BCUT2D eigenvalue weighted by Crippen LogP contribution is 2.46. The second-order valence-corrected chi connectivity index (χ2v) is 8.04. The molecule has 1 heteroatoms. The zero-order chi connectivity index (χ0) is 14.3. The fourth-order valence-electron chi connectivity index (χ4n) is 4.23. The molecule has 0 spiro atoms. The van der Waals surface area contributed by atoms with Gasteiger partial charge in [-0.2, -0.15) is 0 Å². The number of fused-ring (bicyclic) bond motifs is 1. The molecule has 0 heterocycles. The third-order valence-corrected chi connectivity index (χ3v) is 5.72. The van der Waals surface area contributed by atoms with Gasteiger partial charge in [-0.05, 0) is 66.4 Å². The van der Waals surface area contributed by atoms with Gasteiger partial charge in [-0.15, -0.1) is 0 Å². The maximum absolute atomic E-state index is 10.4. The Morgan fingerprint density at radius 3 is 2.60 bits per heavy atom. The van der Waals surface area contributed by atoms with Gasteiger partial charge in [0, 0.05) is 0 Å². The zero-order valence-electron chi connectivity index (χ0n) is 13.1. The van der Waals surface area contributed by atoms with Crippen molar-refractivity contribution in [3.8, 4) is 0 Å². The van der Waals surface area contributed by atoms with Crippen molar-refractivity contribution >= 4 is 0 Å². The van der Waals surface area contributed by atoms with Crippen molar-refractivity contribution in [3.05, 3.63) is 35.4 Å². The van der Waals surface area contributed by atoms with Crippen LogP contribution in [-0.4, -0.2) is 11.2 Å². The van der Waals surface area contributed by atoms with Gasteiger partial charge in [-0.1, -0.05) is 45.0 Å². The van der Waals surface area contributed by atoms with Crippen LogP contribution in [0, 0.1) is 17.3 Å². The van der Waals surface area contributed by atoms with E-state index in [0.29, 0.717) is 17.3 Å². The van der Waals surface area contributed by atoms with Crippen molar-refractivity contribution in [2.75, 3.05) is 0 Å². The first-order valence-corrected chi connectivity index (χ1v) is 8.21. The van der Waals surface area contributed by atoms with Crippen molar-refractivity contribution in [1.82, 2.24) is 0 Å². The normalized spacial score (nSPS) is 33.4. The van der Waals surface area contributed by atoms with E-state index >= 15 is 0 Å². The van der Waals surface area contributed by atoms with E-state index in [4.69, 9.17) is 0 Å². The molecule has 1 fully saturated rings. The first-order valence-electron chi connectivity index (χ1n) is 8.21. The van der Waals surface area contributed by atoms with Gasteiger partial charge in [0.05, 0.1) is 6.10 Å². The monoisotopic (exact) mass is 272 g/mol. The second-order valence-electron chi connectivity index (χ2n) is 8.04. The van der Waals surface area contributed by atoms with Crippen LogP contribution in [0.3, 0.4) is 0 Å². The molecule has 1 aromatic carbocycles. The van der Waals surface area contributed by atoms with Gasteiger partial charge in [0.15, 0.2) is 0 Å². The molecule has 110 valence electrons. The van der Waals surface area contributed by atoms with Crippen molar-refractivity contribution in [1.29, 1.82) is 0 Å². The average Bonchev–Trinajstić information content (AvgIpc) is 2.36. The number of hydrogen-bond donors (Lipinski definition) is 1. The Hall–Kier alpha value is -0.820. The summed E-state index contributed by atoms with van der Waals surface area (Å²) >= 11 is 0. The van der Waals surface area contributed by atoms with E-state index in [0.717, 1.165) is 12.3 Å². The minimum Gasteiger partial charge on any atom is -0.393 e. The van der Waals surface area contributed by atoms with Crippen LogP contribution < -0.4 is 0 Å². The summed E-state index contributed by atoms with van der Waals surface area (Å²) in [6.45, 7) is 7.06. The molecule has 3 rings (SSSR count). The lowest BCUT2D eigenvalue weighted by atomic mass is 9.64. The molecule has 1 N–H and O–H groups in total. The minimum absolute atomic E-state index is 0.0682. The minimum atomic E-state index is -0.0682. The van der Waals surface area contributed by atoms with Gasteiger partial charge in [-0.3, -0.25) is 0 Å². The van der Waals surface area contributed by atoms with Gasteiger partial charge in [-0.25, -0.2) is 0 Å². The zero-order valence-corrected chi connectivity index (χ0v) is 13.1. The van der Waals surface area contributed by atoms with Crippen molar-refractivity contribution in [3.63, 3.8) is 0 Å². The molecule has 0 amide bonds. The molecule has 2 aliphatic rings. The second kappa shape index (κ2) is 5.18. The van der Waals surface area contributed by atoms with Crippen LogP contribution in [0.5, 0.6) is 0 Å². The number of hydrogen-bond acceptors (Lipinski definition) is 1. The van der Waals surface area contributed by atoms with Gasteiger partial charge in [0.2, 0.25) is 0 Å². The molecule has 0 saturated heterocycles. The summed E-state index contributed by atoms with van der Waals surface area (Å²) in [5.41, 5.74) is 3.45. The highest BCUT2D eigenvalue weighted by molar-refractivity contribution is 5.39. The van der Waals surface area contributed by atoms with Crippen LogP contribution in [0.1, 0.15) is 63.5 Å². The summed E-state index contributed by atoms with van der Waals surface area (Å²) in [5, 5.41) is 10.4. The van der Waals surface area contributed by atoms with Crippen molar-refractivity contribution in [2.45, 2.75) is 64.9 Å². The van der Waals surface area contributed by atoms with Gasteiger partial charge in [0.25, 0.3) is 0 Å². The Labute approximate surface area is 123 Å². The molecular weight excluding hydrogens is 244 g/mol. The molecule has 1 saturated carbocycles. The van der Waals surface area contributed by atoms with Crippen molar-refractivity contribution in [2.24, 2.45) is 17.3 Å². The third-order valence-electron chi connectivity index (χ3n) is 5.72. The van der Waals surface area contributed by atoms with Crippen molar-refractivity contribution < 1.29 is 5.11 Å². The fourth-order valence-corrected chi connectivity index (χ4v) is 4.23. The molecule has 0 aromatic heterocycles. The first kappa shape index (κ1) is 14.1. The van der Waals surface area contributed by atoms with E-state index in [2.05, 4.69) is 45.0 Å². The van der Waals surface area contributed by atoms with Gasteiger partial charge in [0.1, 0.15) is 0 Å². The summed E-state index contributed by atoms with van der Waals surface area (Å²) < 4.78 is 0. The Morgan fingerprint density at radius 1 is 1.15 bits per heavy atom. The quantitative estimate of drug-likeness (QED) is 0.838. The van der Waals surface area contributed by atoms with E-state index in [-0.39, 0.29) is 6.10 Å². The lowest BCUT2D eigenvalue weighted by Crippen LogP contribution is -2.36. The Morgan fingerprint density at radius 2 is 1.90 bits per heavy atom. The third kappa shape index (κ3) is 2.65. The van der Waals surface area contributed by atoms with E-state index < -0.39 is 0 Å². The molecule has 20 heavy (non-hydrogen) atoms. The molecule has 0 bridgehead atoms. The Kier molecular flexibility index (Phi) is 3.66. The van der Waals surface area contributed by atoms with Crippen LogP contribution in [0.15, 0.2) is 24.3 Å². The smallest absolute Gasteiger partial charge is 0.0568 e. The van der Waals surface area contributed by atoms with Crippen LogP contribution in [0.4, 0.5) is 0 Å².